The second-order valence-corrected chi connectivity index (χ2v) is 7.96. The van der Waals surface area contributed by atoms with Crippen molar-refractivity contribution < 1.29 is 18.7 Å². The van der Waals surface area contributed by atoms with E-state index in [0.717, 1.165) is 42.8 Å². The van der Waals surface area contributed by atoms with Gasteiger partial charge in [-0.1, -0.05) is 24.6 Å². The van der Waals surface area contributed by atoms with Gasteiger partial charge in [0.15, 0.2) is 11.5 Å². The van der Waals surface area contributed by atoms with Crippen molar-refractivity contribution in [3.63, 3.8) is 0 Å². The third-order valence-electron chi connectivity index (χ3n) is 5.93. The molecule has 6 nitrogen and oxygen atoms in total. The van der Waals surface area contributed by atoms with Gasteiger partial charge in [-0.2, -0.15) is 5.10 Å². The summed E-state index contributed by atoms with van der Waals surface area (Å²) in [5, 5.41) is 6.29. The molecule has 7 heteroatoms. The molecule has 0 aliphatic carbocycles. The van der Waals surface area contributed by atoms with E-state index in [-0.39, 0.29) is 24.6 Å². The van der Waals surface area contributed by atoms with Gasteiger partial charge in [0.2, 0.25) is 6.79 Å². The lowest BCUT2D eigenvalue weighted by Gasteiger charge is -2.29. The van der Waals surface area contributed by atoms with Crippen LogP contribution in [0.25, 0.3) is 0 Å². The molecule has 3 aliphatic heterocycles. The summed E-state index contributed by atoms with van der Waals surface area (Å²) in [6.45, 7) is 2.46. The summed E-state index contributed by atoms with van der Waals surface area (Å²) in [5.41, 5.74) is 2.56. The lowest BCUT2D eigenvalue weighted by atomic mass is 9.98. The second-order valence-electron chi connectivity index (χ2n) is 7.96. The highest BCUT2D eigenvalue weighted by atomic mass is 19.1. The number of likely N-dealkylation sites (tertiary alicyclic amines) is 1. The van der Waals surface area contributed by atoms with Crippen molar-refractivity contribution in [3.05, 3.63) is 59.4 Å². The van der Waals surface area contributed by atoms with Gasteiger partial charge in [-0.15, -0.1) is 0 Å². The molecule has 0 N–H and O–H groups in total. The zero-order chi connectivity index (χ0) is 20.5. The quantitative estimate of drug-likeness (QED) is 0.772. The van der Waals surface area contributed by atoms with Gasteiger partial charge in [-0.3, -0.25) is 9.69 Å². The maximum absolute atomic E-state index is 13.4. The highest BCUT2D eigenvalue weighted by molar-refractivity contribution is 6.03. The average Bonchev–Trinajstić information content (AvgIpc) is 3.42. The van der Waals surface area contributed by atoms with E-state index < -0.39 is 0 Å². The SMILES string of the molecule is O=C(CN1CCCCC1)N1N=C(c2ccc(F)cc2)C[C@H]1c1ccc2c(c1)OCO2. The van der Waals surface area contributed by atoms with Gasteiger partial charge < -0.3 is 9.47 Å². The number of hydrogen-bond donors (Lipinski definition) is 0. The van der Waals surface area contributed by atoms with Gasteiger partial charge in [-0.25, -0.2) is 9.40 Å². The van der Waals surface area contributed by atoms with Crippen molar-refractivity contribution in [3.8, 4) is 11.5 Å². The second kappa shape index (κ2) is 8.07. The van der Waals surface area contributed by atoms with Crippen molar-refractivity contribution in [1.82, 2.24) is 9.91 Å². The molecule has 2 aromatic rings. The van der Waals surface area contributed by atoms with Crippen LogP contribution in [0.4, 0.5) is 4.39 Å². The molecule has 1 amide bonds. The molecule has 0 bridgehead atoms. The van der Waals surface area contributed by atoms with E-state index in [0.29, 0.717) is 24.5 Å². The normalized spacial score (nSPS) is 21.0. The van der Waals surface area contributed by atoms with E-state index >= 15 is 0 Å². The fourth-order valence-corrected chi connectivity index (χ4v) is 4.32. The fourth-order valence-electron chi connectivity index (χ4n) is 4.32. The Morgan fingerprint density at radius 2 is 1.80 bits per heavy atom. The van der Waals surface area contributed by atoms with E-state index in [1.807, 2.05) is 18.2 Å². The zero-order valence-corrected chi connectivity index (χ0v) is 16.7. The molecule has 0 aromatic heterocycles. The Morgan fingerprint density at radius 3 is 2.60 bits per heavy atom. The van der Waals surface area contributed by atoms with Crippen LogP contribution in [0.2, 0.25) is 0 Å². The Kier molecular flexibility index (Phi) is 5.12. The number of amides is 1. The molecule has 0 unspecified atom stereocenters. The minimum absolute atomic E-state index is 0.0170. The van der Waals surface area contributed by atoms with Crippen molar-refractivity contribution >= 4 is 11.6 Å². The number of hydrazone groups is 1. The van der Waals surface area contributed by atoms with Crippen LogP contribution >= 0.6 is 0 Å². The summed E-state index contributed by atoms with van der Waals surface area (Å²) in [5.74, 6) is 1.09. The molecule has 0 saturated carbocycles. The topological polar surface area (TPSA) is 54.4 Å². The summed E-state index contributed by atoms with van der Waals surface area (Å²) in [7, 11) is 0. The summed E-state index contributed by atoms with van der Waals surface area (Å²) in [6, 6.07) is 11.8. The number of piperidine rings is 1. The molecule has 156 valence electrons. The fraction of sp³-hybridized carbons (Fsp3) is 0.391. The third kappa shape index (κ3) is 3.77. The van der Waals surface area contributed by atoms with E-state index in [1.54, 1.807) is 17.1 Å². The number of nitrogens with zero attached hydrogens (tertiary/aromatic N) is 3. The van der Waals surface area contributed by atoms with Crippen LogP contribution in [-0.4, -0.2) is 48.0 Å². The number of rotatable bonds is 4. The molecule has 2 aromatic carbocycles. The van der Waals surface area contributed by atoms with Crippen LogP contribution in [0.5, 0.6) is 11.5 Å². The van der Waals surface area contributed by atoms with Gasteiger partial charge >= 0.3 is 0 Å². The standard InChI is InChI=1S/C23H24FN3O3/c24-18-7-4-16(5-8-18)19-13-20(17-6-9-21-22(12-17)30-15-29-21)27(25-19)23(28)14-26-10-2-1-3-11-26/h4-9,12,20H,1-3,10-11,13-15H2/t20-/m0/s1. The largest absolute Gasteiger partial charge is 0.454 e. The van der Waals surface area contributed by atoms with Gasteiger partial charge in [0.25, 0.3) is 5.91 Å². The highest BCUT2D eigenvalue weighted by Crippen LogP contribution is 2.39. The minimum atomic E-state index is -0.289. The maximum atomic E-state index is 13.4. The summed E-state index contributed by atoms with van der Waals surface area (Å²) in [6.07, 6.45) is 4.05. The molecule has 3 heterocycles. The van der Waals surface area contributed by atoms with E-state index in [9.17, 15) is 9.18 Å². The third-order valence-corrected chi connectivity index (χ3v) is 5.93. The lowest BCUT2D eigenvalue weighted by molar-refractivity contribution is -0.134. The predicted molar refractivity (Wildman–Crippen MR) is 110 cm³/mol. The van der Waals surface area contributed by atoms with Crippen LogP contribution in [0.15, 0.2) is 47.6 Å². The molecule has 3 aliphatic rings. The first-order chi connectivity index (χ1) is 14.7. The summed E-state index contributed by atoms with van der Waals surface area (Å²) >= 11 is 0. The number of carbonyl (C=O) groups excluding carboxylic acids is 1. The highest BCUT2D eigenvalue weighted by Gasteiger charge is 2.34. The van der Waals surface area contributed by atoms with Crippen molar-refractivity contribution in [2.75, 3.05) is 26.4 Å². The first kappa shape index (κ1) is 19.1. The Labute approximate surface area is 174 Å². The maximum Gasteiger partial charge on any atom is 0.257 e. The van der Waals surface area contributed by atoms with Crippen molar-refractivity contribution in [1.29, 1.82) is 0 Å². The first-order valence-electron chi connectivity index (χ1n) is 10.4. The minimum Gasteiger partial charge on any atom is -0.454 e. The number of benzene rings is 2. The molecule has 30 heavy (non-hydrogen) atoms. The Bertz CT molecular complexity index is 970. The first-order valence-corrected chi connectivity index (χ1v) is 10.4. The number of fused-ring (bicyclic) bond motifs is 1. The van der Waals surface area contributed by atoms with E-state index in [4.69, 9.17) is 9.47 Å². The van der Waals surface area contributed by atoms with Gasteiger partial charge in [-0.05, 0) is 61.3 Å². The molecule has 1 fully saturated rings. The number of ether oxygens (including phenoxy) is 2. The molecule has 0 spiro atoms. The Hall–Kier alpha value is -2.93. The van der Waals surface area contributed by atoms with Crippen LogP contribution in [0, 0.1) is 5.82 Å². The Morgan fingerprint density at radius 1 is 1.03 bits per heavy atom. The molecule has 0 radical (unpaired) electrons. The predicted octanol–water partition coefficient (Wildman–Crippen LogP) is 3.72. The number of hydrogen-bond acceptors (Lipinski definition) is 5. The van der Waals surface area contributed by atoms with Crippen LogP contribution < -0.4 is 9.47 Å². The zero-order valence-electron chi connectivity index (χ0n) is 16.7. The molecule has 1 atom stereocenters. The van der Waals surface area contributed by atoms with E-state index in [2.05, 4.69) is 10.0 Å². The number of halogens is 1. The van der Waals surface area contributed by atoms with Crippen molar-refractivity contribution in [2.24, 2.45) is 5.10 Å². The Balaban J connectivity index is 1.43. The monoisotopic (exact) mass is 409 g/mol. The molecule has 5 rings (SSSR count). The van der Waals surface area contributed by atoms with Gasteiger partial charge in [0, 0.05) is 6.42 Å². The van der Waals surface area contributed by atoms with Gasteiger partial charge in [0.05, 0.1) is 18.3 Å². The molecule has 1 saturated heterocycles. The van der Waals surface area contributed by atoms with E-state index in [1.165, 1.54) is 18.6 Å². The lowest BCUT2D eigenvalue weighted by Crippen LogP contribution is -2.40. The smallest absolute Gasteiger partial charge is 0.257 e. The van der Waals surface area contributed by atoms with Crippen molar-refractivity contribution in [2.45, 2.75) is 31.7 Å². The van der Waals surface area contributed by atoms with Crippen LogP contribution in [0.1, 0.15) is 42.9 Å². The summed E-state index contributed by atoms with van der Waals surface area (Å²) < 4.78 is 24.3. The molecular weight excluding hydrogens is 385 g/mol. The molecular formula is C23H24FN3O3. The number of carbonyl (C=O) groups is 1. The average molecular weight is 409 g/mol. The van der Waals surface area contributed by atoms with Crippen LogP contribution in [0.3, 0.4) is 0 Å². The van der Waals surface area contributed by atoms with Crippen LogP contribution in [-0.2, 0) is 4.79 Å². The van der Waals surface area contributed by atoms with Gasteiger partial charge in [0.1, 0.15) is 5.82 Å². The summed E-state index contributed by atoms with van der Waals surface area (Å²) in [4.78, 5) is 15.4.